The van der Waals surface area contributed by atoms with Gasteiger partial charge >= 0.3 is 6.18 Å². The third-order valence-corrected chi connectivity index (χ3v) is 3.14. The van der Waals surface area contributed by atoms with E-state index in [1.807, 2.05) is 0 Å². The third kappa shape index (κ3) is 2.59. The van der Waals surface area contributed by atoms with Crippen LogP contribution in [0.25, 0.3) is 0 Å². The number of alkyl halides is 3. The minimum absolute atomic E-state index is 0.356. The van der Waals surface area contributed by atoms with Crippen LogP contribution in [-0.4, -0.2) is 5.11 Å². The predicted molar refractivity (Wildman–Crippen MR) is 61.9 cm³/mol. The van der Waals surface area contributed by atoms with Crippen LogP contribution in [0, 0.1) is 0 Å². The first-order valence-electron chi connectivity index (χ1n) is 4.97. The zero-order valence-electron chi connectivity index (χ0n) is 8.91. The molecule has 0 saturated heterocycles. The van der Waals surface area contributed by atoms with Crippen molar-refractivity contribution < 1.29 is 22.7 Å². The molecular formula is C12H8BrF3O2. The Kier molecular flexibility index (Phi) is 3.49. The van der Waals surface area contributed by atoms with E-state index in [9.17, 15) is 18.3 Å². The van der Waals surface area contributed by atoms with Gasteiger partial charge in [0.2, 0.25) is 0 Å². The highest BCUT2D eigenvalue weighted by molar-refractivity contribution is 9.10. The molecule has 2 rings (SSSR count). The highest BCUT2D eigenvalue weighted by Gasteiger charge is 2.30. The summed E-state index contributed by atoms with van der Waals surface area (Å²) in [4.78, 5) is 0. The van der Waals surface area contributed by atoms with Crippen molar-refractivity contribution in [2.24, 2.45) is 0 Å². The summed E-state index contributed by atoms with van der Waals surface area (Å²) in [5, 5.41) is 9.98. The van der Waals surface area contributed by atoms with Crippen molar-refractivity contribution >= 4 is 15.9 Å². The molecule has 6 heteroatoms. The second-order valence-electron chi connectivity index (χ2n) is 3.67. The van der Waals surface area contributed by atoms with Crippen molar-refractivity contribution in [1.82, 2.24) is 0 Å². The topological polar surface area (TPSA) is 33.4 Å². The van der Waals surface area contributed by atoms with Crippen LogP contribution in [0.5, 0.6) is 0 Å². The number of hydrogen-bond donors (Lipinski definition) is 1. The smallest absolute Gasteiger partial charge is 0.416 e. The normalized spacial score (nSPS) is 13.6. The van der Waals surface area contributed by atoms with Gasteiger partial charge in [-0.2, -0.15) is 13.2 Å². The van der Waals surface area contributed by atoms with Crippen molar-refractivity contribution in [3.05, 3.63) is 58.0 Å². The molecule has 0 bridgehead atoms. The van der Waals surface area contributed by atoms with Crippen LogP contribution in [0.1, 0.15) is 22.8 Å². The van der Waals surface area contributed by atoms with Crippen LogP contribution in [0.2, 0.25) is 0 Å². The number of rotatable bonds is 2. The lowest BCUT2D eigenvalue weighted by Gasteiger charge is -2.11. The van der Waals surface area contributed by atoms with Gasteiger partial charge in [-0.25, -0.2) is 0 Å². The molecule has 1 atom stereocenters. The molecule has 1 heterocycles. The minimum Gasteiger partial charge on any atom is -0.457 e. The molecule has 2 aromatic rings. The standard InChI is InChI=1S/C12H8BrF3O2/c13-11-9(5-6-18-11)10(17)7-1-3-8(4-2-7)12(14,15)16/h1-6,10,17H. The summed E-state index contributed by atoms with van der Waals surface area (Å²) in [5.74, 6) is 0. The Morgan fingerprint density at radius 3 is 2.17 bits per heavy atom. The first-order valence-corrected chi connectivity index (χ1v) is 5.77. The van der Waals surface area contributed by atoms with Crippen molar-refractivity contribution in [3.8, 4) is 0 Å². The van der Waals surface area contributed by atoms with Crippen molar-refractivity contribution in [1.29, 1.82) is 0 Å². The second kappa shape index (κ2) is 4.78. The Bertz CT molecular complexity index is 531. The number of aliphatic hydroxyl groups excluding tert-OH is 1. The van der Waals surface area contributed by atoms with Crippen LogP contribution in [0.3, 0.4) is 0 Å². The van der Waals surface area contributed by atoms with E-state index in [1.54, 1.807) is 6.07 Å². The molecule has 96 valence electrons. The van der Waals surface area contributed by atoms with Gasteiger partial charge in [-0.15, -0.1) is 0 Å². The van der Waals surface area contributed by atoms with E-state index in [0.717, 1.165) is 12.1 Å². The van der Waals surface area contributed by atoms with Gasteiger partial charge in [-0.1, -0.05) is 12.1 Å². The lowest BCUT2D eigenvalue weighted by molar-refractivity contribution is -0.137. The SMILES string of the molecule is OC(c1ccc(C(F)(F)F)cc1)c1ccoc1Br. The van der Waals surface area contributed by atoms with E-state index in [-0.39, 0.29) is 0 Å². The molecular weight excluding hydrogens is 313 g/mol. The molecule has 1 aromatic heterocycles. The van der Waals surface area contributed by atoms with Crippen LogP contribution < -0.4 is 0 Å². The van der Waals surface area contributed by atoms with Gasteiger partial charge in [-0.3, -0.25) is 0 Å². The van der Waals surface area contributed by atoms with E-state index < -0.39 is 17.8 Å². The van der Waals surface area contributed by atoms with Crippen molar-refractivity contribution in [2.75, 3.05) is 0 Å². The molecule has 0 aliphatic rings. The van der Waals surface area contributed by atoms with Gasteiger partial charge < -0.3 is 9.52 Å². The first-order chi connectivity index (χ1) is 8.39. The molecule has 0 fully saturated rings. The lowest BCUT2D eigenvalue weighted by Crippen LogP contribution is -2.05. The fraction of sp³-hybridized carbons (Fsp3) is 0.167. The Labute approximate surface area is 109 Å². The van der Waals surface area contributed by atoms with E-state index in [1.165, 1.54) is 18.4 Å². The first kappa shape index (κ1) is 13.2. The zero-order chi connectivity index (χ0) is 13.3. The summed E-state index contributed by atoms with van der Waals surface area (Å²) in [7, 11) is 0. The Balaban J connectivity index is 2.28. The third-order valence-electron chi connectivity index (χ3n) is 2.49. The number of benzene rings is 1. The second-order valence-corrected chi connectivity index (χ2v) is 4.39. The molecule has 18 heavy (non-hydrogen) atoms. The molecule has 1 aromatic carbocycles. The number of hydrogen-bond acceptors (Lipinski definition) is 2. The molecule has 1 N–H and O–H groups in total. The summed E-state index contributed by atoms with van der Waals surface area (Å²) >= 11 is 3.10. The van der Waals surface area contributed by atoms with E-state index >= 15 is 0 Å². The van der Waals surface area contributed by atoms with Crippen LogP contribution >= 0.6 is 15.9 Å². The number of halogens is 4. The van der Waals surface area contributed by atoms with E-state index in [0.29, 0.717) is 15.8 Å². The maximum absolute atomic E-state index is 12.4. The monoisotopic (exact) mass is 320 g/mol. The average molecular weight is 321 g/mol. The highest BCUT2D eigenvalue weighted by atomic mass is 79.9. The molecule has 0 aliphatic heterocycles. The summed E-state index contributed by atoms with van der Waals surface area (Å²) in [5.41, 5.74) is 0.0876. The Hall–Kier alpha value is -1.27. The molecule has 1 unspecified atom stereocenters. The van der Waals surface area contributed by atoms with E-state index in [4.69, 9.17) is 4.42 Å². The lowest BCUT2D eigenvalue weighted by atomic mass is 10.0. The summed E-state index contributed by atoms with van der Waals surface area (Å²) in [6, 6.07) is 5.91. The maximum Gasteiger partial charge on any atom is 0.416 e. The Morgan fingerprint density at radius 2 is 1.72 bits per heavy atom. The van der Waals surface area contributed by atoms with Gasteiger partial charge in [0, 0.05) is 5.56 Å². The van der Waals surface area contributed by atoms with Gasteiger partial charge in [0.05, 0.1) is 11.8 Å². The molecule has 0 saturated carbocycles. The average Bonchev–Trinajstić information content (AvgIpc) is 2.73. The summed E-state index contributed by atoms with van der Waals surface area (Å²) in [6.45, 7) is 0. The fourth-order valence-electron chi connectivity index (χ4n) is 1.53. The predicted octanol–water partition coefficient (Wildman–Crippen LogP) is 4.14. The maximum atomic E-state index is 12.4. The van der Waals surface area contributed by atoms with Crippen LogP contribution in [-0.2, 0) is 6.18 Å². The van der Waals surface area contributed by atoms with E-state index in [2.05, 4.69) is 15.9 Å². The number of aliphatic hydroxyl groups is 1. The van der Waals surface area contributed by atoms with Crippen LogP contribution in [0.15, 0.2) is 45.7 Å². The van der Waals surface area contributed by atoms with Crippen LogP contribution in [0.4, 0.5) is 13.2 Å². The summed E-state index contributed by atoms with van der Waals surface area (Å²) in [6.07, 6.45) is -4.02. The zero-order valence-corrected chi connectivity index (χ0v) is 10.5. The quantitative estimate of drug-likeness (QED) is 0.902. The largest absolute Gasteiger partial charge is 0.457 e. The van der Waals surface area contributed by atoms with Gasteiger partial charge in [-0.05, 0) is 39.7 Å². The molecule has 0 radical (unpaired) electrons. The molecule has 0 amide bonds. The van der Waals surface area contributed by atoms with Gasteiger partial charge in [0.1, 0.15) is 6.10 Å². The molecule has 0 spiro atoms. The van der Waals surface area contributed by atoms with Gasteiger partial charge in [0.25, 0.3) is 0 Å². The molecule has 0 aliphatic carbocycles. The molecule has 2 nitrogen and oxygen atoms in total. The fourth-order valence-corrected chi connectivity index (χ4v) is 1.99. The van der Waals surface area contributed by atoms with Gasteiger partial charge in [0.15, 0.2) is 4.67 Å². The van der Waals surface area contributed by atoms with Crippen molar-refractivity contribution in [3.63, 3.8) is 0 Å². The number of furan rings is 1. The summed E-state index contributed by atoms with van der Waals surface area (Å²) < 4.78 is 42.4. The Morgan fingerprint density at radius 1 is 1.11 bits per heavy atom. The highest BCUT2D eigenvalue weighted by Crippen LogP contribution is 2.32. The minimum atomic E-state index is -4.38. The van der Waals surface area contributed by atoms with Crippen molar-refractivity contribution in [2.45, 2.75) is 12.3 Å².